The third-order valence-corrected chi connectivity index (χ3v) is 4.05. The summed E-state index contributed by atoms with van der Waals surface area (Å²) in [4.78, 5) is 9.00. The zero-order valence-corrected chi connectivity index (χ0v) is 13.8. The van der Waals surface area contributed by atoms with Gasteiger partial charge in [-0.3, -0.25) is 4.57 Å². The highest BCUT2D eigenvalue weighted by Gasteiger charge is 2.16. The van der Waals surface area contributed by atoms with E-state index in [0.717, 1.165) is 39.9 Å². The molecular weight excluding hydrogens is 302 g/mol. The second-order valence-corrected chi connectivity index (χ2v) is 5.59. The summed E-state index contributed by atoms with van der Waals surface area (Å²) in [7, 11) is 1.67. The summed E-state index contributed by atoms with van der Waals surface area (Å²) in [5.41, 5.74) is 3.63. The number of aromatic nitrogens is 5. The maximum atomic E-state index is 5.49. The van der Waals surface area contributed by atoms with Gasteiger partial charge in [-0.15, -0.1) is 0 Å². The molecule has 4 aromatic rings. The van der Waals surface area contributed by atoms with Gasteiger partial charge < -0.3 is 4.74 Å². The summed E-state index contributed by atoms with van der Waals surface area (Å²) in [6, 6.07) is 9.89. The van der Waals surface area contributed by atoms with Gasteiger partial charge in [0.25, 0.3) is 0 Å². The van der Waals surface area contributed by atoms with Gasteiger partial charge in [0, 0.05) is 29.7 Å². The van der Waals surface area contributed by atoms with Crippen LogP contribution in [0.25, 0.3) is 22.6 Å². The molecule has 3 aromatic heterocycles. The van der Waals surface area contributed by atoms with Crippen LogP contribution >= 0.6 is 0 Å². The average Bonchev–Trinajstić information content (AvgIpc) is 3.20. The van der Waals surface area contributed by atoms with Gasteiger partial charge in [-0.05, 0) is 19.9 Å². The van der Waals surface area contributed by atoms with E-state index in [0.29, 0.717) is 0 Å². The normalized spacial score (nSPS) is 11.1. The minimum Gasteiger partial charge on any atom is -0.496 e. The number of fused-ring (bicyclic) bond motifs is 1. The average molecular weight is 319 g/mol. The minimum absolute atomic E-state index is 0.794. The van der Waals surface area contributed by atoms with Gasteiger partial charge in [0.1, 0.15) is 17.4 Å². The summed E-state index contributed by atoms with van der Waals surface area (Å²) < 4.78 is 9.33. The molecule has 0 atom stereocenters. The number of hydrogen-bond donors (Lipinski definition) is 0. The Morgan fingerprint density at radius 2 is 1.92 bits per heavy atom. The molecule has 0 aliphatic heterocycles. The van der Waals surface area contributed by atoms with Gasteiger partial charge >= 0.3 is 0 Å². The molecule has 0 N–H and O–H groups in total. The number of rotatable bonds is 3. The van der Waals surface area contributed by atoms with Gasteiger partial charge in [-0.1, -0.05) is 18.2 Å². The standard InChI is InChI=1S/C18H17N5O/c1-12-10-17(22-9-8-19-13(22)2)23-18(21-12)15(11-20-23)14-6-4-5-7-16(14)24-3/h4-11H,1-3H3. The number of hydrogen-bond acceptors (Lipinski definition) is 4. The molecule has 24 heavy (non-hydrogen) atoms. The summed E-state index contributed by atoms with van der Waals surface area (Å²) in [6.45, 7) is 3.95. The molecule has 0 aliphatic rings. The van der Waals surface area contributed by atoms with Crippen molar-refractivity contribution in [3.63, 3.8) is 0 Å². The van der Waals surface area contributed by atoms with Crippen molar-refractivity contribution in [3.8, 4) is 22.7 Å². The van der Waals surface area contributed by atoms with Crippen molar-refractivity contribution in [3.05, 3.63) is 60.4 Å². The Kier molecular flexibility index (Phi) is 3.30. The molecule has 0 amide bonds. The smallest absolute Gasteiger partial charge is 0.165 e. The fraction of sp³-hybridized carbons (Fsp3) is 0.167. The van der Waals surface area contributed by atoms with Crippen LogP contribution in [0.5, 0.6) is 5.75 Å². The Balaban J connectivity index is 2.01. The molecule has 0 aliphatic carbocycles. The number of aryl methyl sites for hydroxylation is 2. The molecule has 0 radical (unpaired) electrons. The molecule has 120 valence electrons. The quantitative estimate of drug-likeness (QED) is 0.582. The summed E-state index contributed by atoms with van der Waals surface area (Å²) in [5, 5.41) is 4.56. The Hall–Kier alpha value is -3.15. The molecule has 0 fully saturated rings. The molecular formula is C18H17N5O. The molecule has 0 unspecified atom stereocenters. The van der Waals surface area contributed by atoms with Crippen LogP contribution in [0.15, 0.2) is 48.9 Å². The maximum absolute atomic E-state index is 5.49. The molecule has 0 saturated carbocycles. The first kappa shape index (κ1) is 14.4. The van der Waals surface area contributed by atoms with Crippen molar-refractivity contribution >= 4 is 5.65 Å². The predicted molar refractivity (Wildman–Crippen MR) is 91.6 cm³/mol. The van der Waals surface area contributed by atoms with Crippen LogP contribution in [-0.2, 0) is 0 Å². The van der Waals surface area contributed by atoms with Gasteiger partial charge in [0.05, 0.1) is 18.9 Å². The number of imidazole rings is 1. The molecule has 0 spiro atoms. The van der Waals surface area contributed by atoms with Gasteiger partial charge in [0.2, 0.25) is 0 Å². The lowest BCUT2D eigenvalue weighted by Gasteiger charge is -2.10. The van der Waals surface area contributed by atoms with Crippen LogP contribution < -0.4 is 4.74 Å². The molecule has 6 heteroatoms. The van der Waals surface area contributed by atoms with Crippen molar-refractivity contribution in [2.45, 2.75) is 13.8 Å². The fourth-order valence-corrected chi connectivity index (χ4v) is 2.91. The van der Waals surface area contributed by atoms with E-state index in [1.54, 1.807) is 13.3 Å². The maximum Gasteiger partial charge on any atom is 0.165 e. The van der Waals surface area contributed by atoms with Gasteiger partial charge in [-0.2, -0.15) is 9.61 Å². The fourth-order valence-electron chi connectivity index (χ4n) is 2.91. The number of benzene rings is 1. The molecule has 4 rings (SSSR count). The van der Waals surface area contributed by atoms with Crippen molar-refractivity contribution in [1.82, 2.24) is 24.1 Å². The molecule has 6 nitrogen and oxygen atoms in total. The Morgan fingerprint density at radius 3 is 2.67 bits per heavy atom. The second-order valence-electron chi connectivity index (χ2n) is 5.59. The summed E-state index contributed by atoms with van der Waals surface area (Å²) in [5.74, 6) is 2.61. The number of para-hydroxylation sites is 1. The first-order valence-electron chi connectivity index (χ1n) is 7.68. The van der Waals surface area contributed by atoms with E-state index in [1.807, 2.05) is 65.7 Å². The Labute approximate surface area is 139 Å². The monoisotopic (exact) mass is 319 g/mol. The topological polar surface area (TPSA) is 57.2 Å². The largest absolute Gasteiger partial charge is 0.496 e. The van der Waals surface area contributed by atoms with E-state index in [4.69, 9.17) is 9.72 Å². The van der Waals surface area contributed by atoms with Crippen molar-refractivity contribution in [2.75, 3.05) is 7.11 Å². The van der Waals surface area contributed by atoms with E-state index in [2.05, 4.69) is 10.1 Å². The molecule has 1 aromatic carbocycles. The lowest BCUT2D eigenvalue weighted by molar-refractivity contribution is 0.416. The zero-order valence-electron chi connectivity index (χ0n) is 13.8. The van der Waals surface area contributed by atoms with Crippen LogP contribution in [-0.4, -0.2) is 31.3 Å². The third kappa shape index (κ3) is 2.15. The van der Waals surface area contributed by atoms with Crippen LogP contribution in [0.4, 0.5) is 0 Å². The van der Waals surface area contributed by atoms with E-state index < -0.39 is 0 Å². The highest BCUT2D eigenvalue weighted by Crippen LogP contribution is 2.32. The van der Waals surface area contributed by atoms with Gasteiger partial charge in [-0.25, -0.2) is 9.97 Å². The lowest BCUT2D eigenvalue weighted by atomic mass is 10.1. The zero-order chi connectivity index (χ0) is 16.7. The third-order valence-electron chi connectivity index (χ3n) is 4.05. The second kappa shape index (κ2) is 5.49. The Morgan fingerprint density at radius 1 is 1.08 bits per heavy atom. The first-order chi connectivity index (χ1) is 11.7. The lowest BCUT2D eigenvalue weighted by Crippen LogP contribution is -2.06. The van der Waals surface area contributed by atoms with Crippen LogP contribution in [0, 0.1) is 13.8 Å². The minimum atomic E-state index is 0.794. The Bertz CT molecular complexity index is 1030. The summed E-state index contributed by atoms with van der Waals surface area (Å²) >= 11 is 0. The van der Waals surface area contributed by atoms with Crippen molar-refractivity contribution < 1.29 is 4.74 Å². The molecule has 3 heterocycles. The van der Waals surface area contributed by atoms with E-state index in [1.165, 1.54) is 0 Å². The van der Waals surface area contributed by atoms with E-state index >= 15 is 0 Å². The van der Waals surface area contributed by atoms with Crippen molar-refractivity contribution in [2.24, 2.45) is 0 Å². The number of methoxy groups -OCH3 is 1. The highest BCUT2D eigenvalue weighted by atomic mass is 16.5. The van der Waals surface area contributed by atoms with E-state index in [9.17, 15) is 0 Å². The molecule has 0 bridgehead atoms. The number of nitrogens with zero attached hydrogens (tertiary/aromatic N) is 5. The van der Waals surface area contributed by atoms with E-state index in [-0.39, 0.29) is 0 Å². The van der Waals surface area contributed by atoms with Crippen LogP contribution in [0.2, 0.25) is 0 Å². The predicted octanol–water partition coefficient (Wildman–Crippen LogP) is 3.21. The van der Waals surface area contributed by atoms with Crippen LogP contribution in [0.1, 0.15) is 11.5 Å². The van der Waals surface area contributed by atoms with Crippen molar-refractivity contribution in [1.29, 1.82) is 0 Å². The first-order valence-corrected chi connectivity index (χ1v) is 7.68. The highest BCUT2D eigenvalue weighted by molar-refractivity contribution is 5.81. The summed E-state index contributed by atoms with van der Waals surface area (Å²) in [6.07, 6.45) is 5.53. The van der Waals surface area contributed by atoms with Gasteiger partial charge in [0.15, 0.2) is 5.65 Å². The number of ether oxygens (including phenoxy) is 1. The molecule has 0 saturated heterocycles. The SMILES string of the molecule is COc1ccccc1-c1cnn2c(-n3ccnc3C)cc(C)nc12. The van der Waals surface area contributed by atoms with Crippen LogP contribution in [0.3, 0.4) is 0 Å².